The van der Waals surface area contributed by atoms with Gasteiger partial charge in [-0.1, -0.05) is 26.2 Å². The summed E-state index contributed by atoms with van der Waals surface area (Å²) < 4.78 is 5.72. The lowest BCUT2D eigenvalue weighted by Gasteiger charge is -2.27. The van der Waals surface area contributed by atoms with E-state index in [1.165, 1.54) is 32.1 Å². The quantitative estimate of drug-likeness (QED) is 0.857. The van der Waals surface area contributed by atoms with E-state index in [2.05, 4.69) is 17.6 Å². The molecule has 1 aromatic heterocycles. The normalized spacial score (nSPS) is 19.0. The van der Waals surface area contributed by atoms with Crippen LogP contribution in [0.15, 0.2) is 5.38 Å². The molecule has 1 aliphatic rings. The summed E-state index contributed by atoms with van der Waals surface area (Å²) >= 11 is 1.75. The van der Waals surface area contributed by atoms with Crippen LogP contribution < -0.4 is 5.32 Å². The SMILES string of the molecule is CCNCc1csc(C(OC)C2CCCCC2)n1. The van der Waals surface area contributed by atoms with Crippen molar-refractivity contribution in [3.8, 4) is 0 Å². The lowest BCUT2D eigenvalue weighted by molar-refractivity contribution is 0.0351. The van der Waals surface area contributed by atoms with E-state index < -0.39 is 0 Å². The number of nitrogens with one attached hydrogen (secondary N) is 1. The number of methoxy groups -OCH3 is 1. The molecule has 4 heteroatoms. The summed E-state index contributed by atoms with van der Waals surface area (Å²) in [5.41, 5.74) is 1.15. The fourth-order valence-electron chi connectivity index (χ4n) is 2.72. The van der Waals surface area contributed by atoms with E-state index >= 15 is 0 Å². The number of hydrogen-bond acceptors (Lipinski definition) is 4. The molecule has 1 heterocycles. The molecule has 1 atom stereocenters. The third-order valence-corrected chi connectivity index (χ3v) is 4.66. The Labute approximate surface area is 114 Å². The van der Waals surface area contributed by atoms with Crippen LogP contribution in [0.1, 0.15) is 55.8 Å². The van der Waals surface area contributed by atoms with Gasteiger partial charge in [-0.05, 0) is 25.3 Å². The second-order valence-electron chi connectivity index (χ2n) is 5.01. The first-order valence-electron chi connectivity index (χ1n) is 7.03. The van der Waals surface area contributed by atoms with Crippen LogP contribution in [0.4, 0.5) is 0 Å². The van der Waals surface area contributed by atoms with Crippen molar-refractivity contribution < 1.29 is 4.74 Å². The number of rotatable bonds is 6. The third-order valence-electron chi connectivity index (χ3n) is 3.70. The van der Waals surface area contributed by atoms with Crippen LogP contribution in [0.3, 0.4) is 0 Å². The molecule has 0 radical (unpaired) electrons. The fourth-order valence-corrected chi connectivity index (χ4v) is 3.70. The van der Waals surface area contributed by atoms with E-state index in [-0.39, 0.29) is 6.10 Å². The van der Waals surface area contributed by atoms with Crippen molar-refractivity contribution >= 4 is 11.3 Å². The molecule has 0 spiro atoms. The maximum atomic E-state index is 5.72. The molecular formula is C14H24N2OS. The molecule has 2 rings (SSSR count). The predicted octanol–water partition coefficient (Wildman–Crippen LogP) is 3.52. The lowest BCUT2D eigenvalue weighted by Crippen LogP contribution is -2.18. The van der Waals surface area contributed by atoms with Crippen molar-refractivity contribution in [3.63, 3.8) is 0 Å². The van der Waals surface area contributed by atoms with Gasteiger partial charge in [0.1, 0.15) is 11.1 Å². The zero-order valence-corrected chi connectivity index (χ0v) is 12.3. The Morgan fingerprint density at radius 2 is 2.22 bits per heavy atom. The van der Waals surface area contributed by atoms with E-state index in [1.54, 1.807) is 11.3 Å². The first kappa shape index (κ1) is 14.0. The highest BCUT2D eigenvalue weighted by Crippen LogP contribution is 2.37. The lowest BCUT2D eigenvalue weighted by atomic mass is 9.85. The van der Waals surface area contributed by atoms with Crippen LogP contribution in [-0.4, -0.2) is 18.6 Å². The second-order valence-corrected chi connectivity index (χ2v) is 5.90. The summed E-state index contributed by atoms with van der Waals surface area (Å²) in [7, 11) is 1.82. The average molecular weight is 268 g/mol. The van der Waals surface area contributed by atoms with Crippen molar-refractivity contribution in [3.05, 3.63) is 16.1 Å². The third kappa shape index (κ3) is 3.53. The minimum absolute atomic E-state index is 0.214. The van der Waals surface area contributed by atoms with Crippen molar-refractivity contribution in [2.75, 3.05) is 13.7 Å². The second kappa shape index (κ2) is 7.22. The molecule has 1 N–H and O–H groups in total. The van der Waals surface area contributed by atoms with Gasteiger partial charge in [-0.15, -0.1) is 11.3 Å². The minimum atomic E-state index is 0.214. The fraction of sp³-hybridized carbons (Fsp3) is 0.786. The van der Waals surface area contributed by atoms with Crippen molar-refractivity contribution in [2.45, 2.75) is 51.7 Å². The van der Waals surface area contributed by atoms with Crippen LogP contribution in [0, 0.1) is 5.92 Å². The Balaban J connectivity index is 1.99. The molecule has 0 amide bonds. The number of aromatic nitrogens is 1. The maximum absolute atomic E-state index is 5.72. The summed E-state index contributed by atoms with van der Waals surface area (Å²) in [4.78, 5) is 4.73. The summed E-state index contributed by atoms with van der Waals surface area (Å²) in [5, 5.41) is 6.64. The molecule has 1 aliphatic carbocycles. The number of thiazole rings is 1. The Morgan fingerprint density at radius 1 is 1.44 bits per heavy atom. The minimum Gasteiger partial charge on any atom is -0.374 e. The summed E-state index contributed by atoms with van der Waals surface area (Å²) in [6.45, 7) is 3.98. The molecule has 0 saturated heterocycles. The zero-order valence-electron chi connectivity index (χ0n) is 11.4. The van der Waals surface area contributed by atoms with Gasteiger partial charge in [-0.25, -0.2) is 4.98 Å². The van der Waals surface area contributed by atoms with Crippen molar-refractivity contribution in [1.29, 1.82) is 0 Å². The highest BCUT2D eigenvalue weighted by molar-refractivity contribution is 7.09. The maximum Gasteiger partial charge on any atom is 0.122 e. The zero-order chi connectivity index (χ0) is 12.8. The van der Waals surface area contributed by atoms with Crippen LogP contribution in [0.25, 0.3) is 0 Å². The molecule has 0 aliphatic heterocycles. The molecule has 102 valence electrons. The van der Waals surface area contributed by atoms with Crippen LogP contribution >= 0.6 is 11.3 Å². The van der Waals surface area contributed by atoms with Crippen LogP contribution in [-0.2, 0) is 11.3 Å². The van der Waals surface area contributed by atoms with Gasteiger partial charge in [0.15, 0.2) is 0 Å². The predicted molar refractivity (Wildman–Crippen MR) is 75.8 cm³/mol. The van der Waals surface area contributed by atoms with Gasteiger partial charge in [0.25, 0.3) is 0 Å². The molecule has 3 nitrogen and oxygen atoms in total. The standard InChI is InChI=1S/C14H24N2OS/c1-3-15-9-12-10-18-14(16-12)13(17-2)11-7-5-4-6-8-11/h10-11,13,15H,3-9H2,1-2H3. The number of hydrogen-bond donors (Lipinski definition) is 1. The summed E-state index contributed by atoms with van der Waals surface area (Å²) in [5.74, 6) is 0.668. The first-order valence-corrected chi connectivity index (χ1v) is 7.91. The molecule has 0 aromatic carbocycles. The van der Waals surface area contributed by atoms with Gasteiger partial charge in [0.05, 0.1) is 5.69 Å². The largest absolute Gasteiger partial charge is 0.374 e. The van der Waals surface area contributed by atoms with Gasteiger partial charge >= 0.3 is 0 Å². The molecule has 1 saturated carbocycles. The first-order chi connectivity index (χ1) is 8.85. The highest BCUT2D eigenvalue weighted by Gasteiger charge is 2.27. The monoisotopic (exact) mass is 268 g/mol. The topological polar surface area (TPSA) is 34.1 Å². The van der Waals surface area contributed by atoms with E-state index in [0.717, 1.165) is 23.8 Å². The van der Waals surface area contributed by atoms with Gasteiger partial charge in [-0.2, -0.15) is 0 Å². The van der Waals surface area contributed by atoms with Crippen LogP contribution in [0.5, 0.6) is 0 Å². The van der Waals surface area contributed by atoms with Crippen LogP contribution in [0.2, 0.25) is 0 Å². The van der Waals surface area contributed by atoms with E-state index in [1.807, 2.05) is 7.11 Å². The van der Waals surface area contributed by atoms with E-state index in [4.69, 9.17) is 9.72 Å². The molecule has 1 fully saturated rings. The van der Waals surface area contributed by atoms with Crippen molar-refractivity contribution in [2.24, 2.45) is 5.92 Å². The van der Waals surface area contributed by atoms with E-state index in [0.29, 0.717) is 5.92 Å². The average Bonchev–Trinajstić information content (AvgIpc) is 2.87. The van der Waals surface area contributed by atoms with E-state index in [9.17, 15) is 0 Å². The Hall–Kier alpha value is -0.450. The molecule has 1 unspecified atom stereocenters. The molecular weight excluding hydrogens is 244 g/mol. The summed E-state index contributed by atoms with van der Waals surface area (Å²) in [6, 6.07) is 0. The van der Waals surface area contributed by atoms with Gasteiger partial charge in [-0.3, -0.25) is 0 Å². The Morgan fingerprint density at radius 3 is 2.89 bits per heavy atom. The van der Waals surface area contributed by atoms with Gasteiger partial charge in [0, 0.05) is 19.0 Å². The van der Waals surface area contributed by atoms with Crippen molar-refractivity contribution in [1.82, 2.24) is 10.3 Å². The van der Waals surface area contributed by atoms with Gasteiger partial charge in [0.2, 0.25) is 0 Å². The summed E-state index contributed by atoms with van der Waals surface area (Å²) in [6.07, 6.45) is 6.88. The molecule has 18 heavy (non-hydrogen) atoms. The smallest absolute Gasteiger partial charge is 0.122 e. The molecule has 0 bridgehead atoms. The highest BCUT2D eigenvalue weighted by atomic mass is 32.1. The number of nitrogens with zero attached hydrogens (tertiary/aromatic N) is 1. The Bertz CT molecular complexity index is 347. The number of ether oxygens (including phenoxy) is 1. The van der Waals surface area contributed by atoms with Gasteiger partial charge < -0.3 is 10.1 Å². The molecule has 1 aromatic rings. The Kier molecular flexibility index (Phi) is 5.60.